The van der Waals surface area contributed by atoms with Crippen molar-refractivity contribution in [1.29, 1.82) is 5.26 Å². The minimum absolute atomic E-state index is 0.116. The molecule has 8 nitrogen and oxygen atoms in total. The summed E-state index contributed by atoms with van der Waals surface area (Å²) in [6, 6.07) is 19.8. The standard InChI is InChI=1S/C32H42N4O4Si/c1-22-19-23-11-8-9-12-27(23)30(36(22)31(37)38)39-18-10-13-29-28(20-25(21-33)35(29)5)34-24-14-16-26(17-15-24)40-41(6,7)32(2,3)4/h8-9,11-12,14-17,20,22,30,34H,10,13,18-19H2,1-7H3,(H,37,38). The first-order valence-electron chi connectivity index (χ1n) is 14.2. The fourth-order valence-electron chi connectivity index (χ4n) is 5.02. The van der Waals surface area contributed by atoms with Crippen LogP contribution in [0.4, 0.5) is 16.2 Å². The van der Waals surface area contributed by atoms with E-state index in [0.29, 0.717) is 31.6 Å². The van der Waals surface area contributed by atoms with Gasteiger partial charge in [0.2, 0.25) is 8.32 Å². The van der Waals surface area contributed by atoms with Crippen LogP contribution in [0.2, 0.25) is 18.1 Å². The first-order chi connectivity index (χ1) is 19.3. The zero-order chi connectivity index (χ0) is 29.9. The predicted octanol–water partition coefficient (Wildman–Crippen LogP) is 7.60. The van der Waals surface area contributed by atoms with Gasteiger partial charge in [-0.15, -0.1) is 0 Å². The number of carbonyl (C=O) groups is 1. The Labute approximate surface area is 244 Å². The van der Waals surface area contributed by atoms with E-state index in [9.17, 15) is 15.2 Å². The lowest BCUT2D eigenvalue weighted by molar-refractivity contribution is -0.0725. The number of benzene rings is 2. The van der Waals surface area contributed by atoms with E-state index >= 15 is 0 Å². The summed E-state index contributed by atoms with van der Waals surface area (Å²) < 4.78 is 14.5. The number of carboxylic acid groups (broad SMARTS) is 1. The van der Waals surface area contributed by atoms with Crippen molar-refractivity contribution in [3.63, 3.8) is 0 Å². The van der Waals surface area contributed by atoms with E-state index < -0.39 is 20.6 Å². The molecule has 2 unspecified atom stereocenters. The molecule has 0 aliphatic carbocycles. The second kappa shape index (κ2) is 12.0. The summed E-state index contributed by atoms with van der Waals surface area (Å²) in [5.74, 6) is 0.860. The molecule has 41 heavy (non-hydrogen) atoms. The number of fused-ring (bicyclic) bond motifs is 1. The Balaban J connectivity index is 1.44. The zero-order valence-electron chi connectivity index (χ0n) is 25.2. The van der Waals surface area contributed by atoms with Crippen molar-refractivity contribution in [3.8, 4) is 11.8 Å². The average Bonchev–Trinajstić information content (AvgIpc) is 3.20. The van der Waals surface area contributed by atoms with Gasteiger partial charge in [-0.3, -0.25) is 4.90 Å². The van der Waals surface area contributed by atoms with Crippen molar-refractivity contribution in [2.45, 2.75) is 77.4 Å². The van der Waals surface area contributed by atoms with Gasteiger partial charge >= 0.3 is 6.09 Å². The number of aromatic nitrogens is 1. The molecule has 3 aromatic rings. The Morgan fingerprint density at radius 3 is 2.49 bits per heavy atom. The molecule has 0 saturated carbocycles. The molecule has 2 atom stereocenters. The molecule has 1 aliphatic heterocycles. The van der Waals surface area contributed by atoms with E-state index in [1.54, 1.807) is 0 Å². The molecule has 0 radical (unpaired) electrons. The third-order valence-corrected chi connectivity index (χ3v) is 12.8. The molecule has 1 aromatic heterocycles. The average molecular weight is 575 g/mol. The number of hydrogen-bond donors (Lipinski definition) is 2. The van der Waals surface area contributed by atoms with Crippen LogP contribution in [-0.4, -0.2) is 41.6 Å². The van der Waals surface area contributed by atoms with Gasteiger partial charge < -0.3 is 24.2 Å². The molecule has 0 fully saturated rings. The van der Waals surface area contributed by atoms with Crippen LogP contribution < -0.4 is 9.74 Å². The zero-order valence-corrected chi connectivity index (χ0v) is 26.2. The summed E-state index contributed by atoms with van der Waals surface area (Å²) in [7, 11) is -0.0378. The molecule has 0 bridgehead atoms. The summed E-state index contributed by atoms with van der Waals surface area (Å²) in [5, 5.41) is 23.2. The smallest absolute Gasteiger partial charge is 0.409 e. The molecule has 0 saturated heterocycles. The Bertz CT molecular complexity index is 1420. The molecular formula is C32H42N4O4Si. The Morgan fingerprint density at radius 1 is 1.17 bits per heavy atom. The third-order valence-electron chi connectivity index (χ3n) is 8.40. The normalized spacial score (nSPS) is 17.1. The Kier molecular flexibility index (Phi) is 8.85. The van der Waals surface area contributed by atoms with Gasteiger partial charge in [-0.05, 0) is 80.2 Å². The lowest BCUT2D eigenvalue weighted by Gasteiger charge is -2.39. The van der Waals surface area contributed by atoms with Crippen LogP contribution in [0.5, 0.6) is 5.75 Å². The number of anilines is 2. The molecule has 1 aliphatic rings. The summed E-state index contributed by atoms with van der Waals surface area (Å²) in [6.07, 6.45) is 0.368. The van der Waals surface area contributed by atoms with E-state index in [0.717, 1.165) is 33.9 Å². The summed E-state index contributed by atoms with van der Waals surface area (Å²) >= 11 is 0. The van der Waals surface area contributed by atoms with Gasteiger partial charge in [0.05, 0.1) is 5.69 Å². The second-order valence-corrected chi connectivity index (χ2v) is 17.1. The first-order valence-corrected chi connectivity index (χ1v) is 17.1. The van der Waals surface area contributed by atoms with Crippen LogP contribution >= 0.6 is 0 Å². The van der Waals surface area contributed by atoms with Crippen LogP contribution in [0.25, 0.3) is 0 Å². The monoisotopic (exact) mass is 574 g/mol. The van der Waals surface area contributed by atoms with Crippen molar-refractivity contribution in [1.82, 2.24) is 9.47 Å². The first kappa shape index (κ1) is 30.2. The van der Waals surface area contributed by atoms with Crippen LogP contribution in [0.3, 0.4) is 0 Å². The maximum absolute atomic E-state index is 12.1. The highest BCUT2D eigenvalue weighted by molar-refractivity contribution is 6.74. The molecule has 0 spiro atoms. The number of amides is 1. The number of ether oxygens (including phenoxy) is 1. The van der Waals surface area contributed by atoms with Crippen LogP contribution in [0.15, 0.2) is 54.6 Å². The molecule has 4 rings (SSSR count). The van der Waals surface area contributed by atoms with Gasteiger partial charge in [0.15, 0.2) is 6.23 Å². The number of nitrogens with zero attached hydrogens (tertiary/aromatic N) is 3. The number of nitriles is 1. The van der Waals surface area contributed by atoms with E-state index in [4.69, 9.17) is 9.16 Å². The number of nitrogens with one attached hydrogen (secondary N) is 1. The van der Waals surface area contributed by atoms with Crippen LogP contribution in [0.1, 0.15) is 62.9 Å². The van der Waals surface area contributed by atoms with E-state index in [2.05, 4.69) is 45.3 Å². The van der Waals surface area contributed by atoms with E-state index in [-0.39, 0.29) is 11.1 Å². The van der Waals surface area contributed by atoms with Crippen LogP contribution in [-0.2, 0) is 24.6 Å². The van der Waals surface area contributed by atoms with Crippen molar-refractivity contribution >= 4 is 25.8 Å². The quantitative estimate of drug-likeness (QED) is 0.202. The SMILES string of the molecule is CC1Cc2ccccc2C(OCCCc2c(Nc3ccc(O[Si](C)(C)C(C)(C)C)cc3)cc(C#N)n2C)N1C(=O)O. The van der Waals surface area contributed by atoms with Gasteiger partial charge in [-0.25, -0.2) is 4.79 Å². The second-order valence-electron chi connectivity index (χ2n) is 12.3. The van der Waals surface area contributed by atoms with Crippen molar-refractivity contribution in [3.05, 3.63) is 77.1 Å². The minimum atomic E-state index is -1.93. The van der Waals surface area contributed by atoms with Crippen LogP contribution in [0, 0.1) is 11.3 Å². The molecular weight excluding hydrogens is 532 g/mol. The van der Waals surface area contributed by atoms with E-state index in [1.165, 1.54) is 4.90 Å². The molecule has 2 aromatic carbocycles. The topological polar surface area (TPSA) is 99.8 Å². The maximum Gasteiger partial charge on any atom is 0.409 e. The molecule has 2 heterocycles. The van der Waals surface area contributed by atoms with Gasteiger partial charge in [0, 0.05) is 36.6 Å². The summed E-state index contributed by atoms with van der Waals surface area (Å²) in [4.78, 5) is 13.5. The van der Waals surface area contributed by atoms with Crippen molar-refractivity contribution in [2.75, 3.05) is 11.9 Å². The Morgan fingerprint density at radius 2 is 1.85 bits per heavy atom. The lowest BCUT2D eigenvalue weighted by atomic mass is 9.93. The fourth-order valence-corrected chi connectivity index (χ4v) is 6.05. The maximum atomic E-state index is 12.1. The Hall–Kier alpha value is -3.74. The third kappa shape index (κ3) is 6.61. The highest BCUT2D eigenvalue weighted by Gasteiger charge is 2.39. The molecule has 9 heteroatoms. The van der Waals surface area contributed by atoms with E-state index in [1.807, 2.05) is 73.1 Å². The predicted molar refractivity (Wildman–Crippen MR) is 164 cm³/mol. The van der Waals surface area contributed by atoms with Gasteiger partial charge in [0.25, 0.3) is 0 Å². The highest BCUT2D eigenvalue weighted by Crippen LogP contribution is 2.38. The largest absolute Gasteiger partial charge is 0.544 e. The molecule has 1 amide bonds. The number of rotatable bonds is 9. The number of hydrogen-bond acceptors (Lipinski definition) is 5. The molecule has 218 valence electrons. The lowest BCUT2D eigenvalue weighted by Crippen LogP contribution is -2.46. The van der Waals surface area contributed by atoms with Gasteiger partial charge in [-0.2, -0.15) is 5.26 Å². The highest BCUT2D eigenvalue weighted by atomic mass is 28.4. The van der Waals surface area contributed by atoms with Crippen molar-refractivity contribution < 1.29 is 19.1 Å². The summed E-state index contributed by atoms with van der Waals surface area (Å²) in [6.45, 7) is 13.4. The fraction of sp³-hybridized carbons (Fsp3) is 0.438. The molecule has 2 N–H and O–H groups in total. The minimum Gasteiger partial charge on any atom is -0.544 e. The van der Waals surface area contributed by atoms with Gasteiger partial charge in [0.1, 0.15) is 17.5 Å². The van der Waals surface area contributed by atoms with Crippen molar-refractivity contribution in [2.24, 2.45) is 7.05 Å². The van der Waals surface area contributed by atoms with Gasteiger partial charge in [-0.1, -0.05) is 45.0 Å². The summed E-state index contributed by atoms with van der Waals surface area (Å²) in [5.41, 5.74) is 5.35.